The molecule has 1 saturated heterocycles. The van der Waals surface area contributed by atoms with Crippen molar-refractivity contribution in [3.63, 3.8) is 0 Å². The number of nitrogens with zero attached hydrogens (tertiary/aromatic N) is 1. The second kappa shape index (κ2) is 4.96. The first-order valence-electron chi connectivity index (χ1n) is 4.82. The van der Waals surface area contributed by atoms with Crippen LogP contribution in [0.4, 0.5) is 0 Å². The Kier molecular flexibility index (Phi) is 3.61. The number of hydrogen-bond donors (Lipinski definition) is 0. The Labute approximate surface area is 97.6 Å². The summed E-state index contributed by atoms with van der Waals surface area (Å²) in [5, 5.41) is 3.29. The molecule has 15 heavy (non-hydrogen) atoms. The highest BCUT2D eigenvalue weighted by atomic mass is 35.5. The molecular formula is C10H12ClNO2S. The van der Waals surface area contributed by atoms with Crippen molar-refractivity contribution in [3.8, 4) is 0 Å². The zero-order valence-corrected chi connectivity index (χ0v) is 9.76. The van der Waals surface area contributed by atoms with Crippen LogP contribution >= 0.6 is 22.9 Å². The first-order valence-corrected chi connectivity index (χ1v) is 6.19. The van der Waals surface area contributed by atoms with E-state index in [1.54, 1.807) is 16.2 Å². The van der Waals surface area contributed by atoms with Crippen molar-refractivity contribution in [2.24, 2.45) is 0 Å². The van der Waals surface area contributed by atoms with E-state index < -0.39 is 5.38 Å². The zero-order valence-electron chi connectivity index (χ0n) is 8.19. The lowest BCUT2D eigenvalue weighted by Gasteiger charge is -2.28. The zero-order chi connectivity index (χ0) is 10.7. The Hall–Kier alpha value is -0.580. The molecule has 1 fully saturated rings. The molecule has 1 aliphatic heterocycles. The average Bonchev–Trinajstić information content (AvgIpc) is 2.82. The summed E-state index contributed by atoms with van der Waals surface area (Å²) in [5.41, 5.74) is 0.887. The van der Waals surface area contributed by atoms with Gasteiger partial charge in [-0.25, -0.2) is 0 Å². The maximum atomic E-state index is 11.9. The van der Waals surface area contributed by atoms with Crippen molar-refractivity contribution in [3.05, 3.63) is 22.4 Å². The van der Waals surface area contributed by atoms with Crippen LogP contribution in [0.2, 0.25) is 0 Å². The molecule has 1 atom stereocenters. The van der Waals surface area contributed by atoms with Crippen LogP contribution in [-0.2, 0) is 9.53 Å². The summed E-state index contributed by atoms with van der Waals surface area (Å²) >= 11 is 7.66. The maximum Gasteiger partial charge on any atom is 0.245 e. The Morgan fingerprint density at radius 1 is 1.53 bits per heavy atom. The van der Waals surface area contributed by atoms with Gasteiger partial charge in [0.1, 0.15) is 5.38 Å². The number of hydrogen-bond acceptors (Lipinski definition) is 3. The minimum atomic E-state index is -0.547. The smallest absolute Gasteiger partial charge is 0.245 e. The molecule has 0 spiro atoms. The number of halogens is 1. The summed E-state index contributed by atoms with van der Waals surface area (Å²) in [5.74, 6) is -0.0154. The number of morpholine rings is 1. The number of ether oxygens (including phenoxy) is 1. The molecule has 2 heterocycles. The summed E-state index contributed by atoms with van der Waals surface area (Å²) in [6, 6.07) is 1.89. The summed E-state index contributed by atoms with van der Waals surface area (Å²) in [4.78, 5) is 13.7. The predicted molar refractivity (Wildman–Crippen MR) is 60.3 cm³/mol. The van der Waals surface area contributed by atoms with E-state index in [4.69, 9.17) is 16.3 Å². The molecule has 2 rings (SSSR count). The molecule has 0 N–H and O–H groups in total. The van der Waals surface area contributed by atoms with Gasteiger partial charge in [-0.3, -0.25) is 4.79 Å². The Bertz CT molecular complexity index is 322. The third-order valence-corrected chi connectivity index (χ3v) is 3.52. The normalized spacial score (nSPS) is 18.9. The van der Waals surface area contributed by atoms with Gasteiger partial charge in [-0.1, -0.05) is 0 Å². The predicted octanol–water partition coefficient (Wildman–Crippen LogP) is 1.89. The second-order valence-electron chi connectivity index (χ2n) is 3.36. The highest BCUT2D eigenvalue weighted by molar-refractivity contribution is 7.08. The molecule has 1 aliphatic rings. The third kappa shape index (κ3) is 2.51. The third-order valence-electron chi connectivity index (χ3n) is 2.38. The number of carbonyl (C=O) groups excluding carboxylic acids is 1. The van der Waals surface area contributed by atoms with Crippen LogP contribution in [0.1, 0.15) is 10.9 Å². The van der Waals surface area contributed by atoms with E-state index in [-0.39, 0.29) is 5.91 Å². The van der Waals surface area contributed by atoms with Crippen molar-refractivity contribution in [1.82, 2.24) is 4.90 Å². The molecule has 3 nitrogen and oxygen atoms in total. The van der Waals surface area contributed by atoms with Gasteiger partial charge < -0.3 is 9.64 Å². The number of thiophene rings is 1. The van der Waals surface area contributed by atoms with Crippen LogP contribution in [0.3, 0.4) is 0 Å². The van der Waals surface area contributed by atoms with Gasteiger partial charge in [0, 0.05) is 13.1 Å². The lowest BCUT2D eigenvalue weighted by Crippen LogP contribution is -2.42. The molecule has 82 valence electrons. The Balaban J connectivity index is 2.00. The minimum Gasteiger partial charge on any atom is -0.378 e. The number of amides is 1. The molecule has 0 aliphatic carbocycles. The first-order chi connectivity index (χ1) is 7.29. The molecule has 1 amide bonds. The van der Waals surface area contributed by atoms with Gasteiger partial charge in [-0.05, 0) is 22.4 Å². The molecule has 0 bridgehead atoms. The maximum absolute atomic E-state index is 11.9. The minimum absolute atomic E-state index is 0.0154. The van der Waals surface area contributed by atoms with Gasteiger partial charge in [0.2, 0.25) is 5.91 Å². The molecule has 0 radical (unpaired) electrons. The van der Waals surface area contributed by atoms with E-state index in [0.717, 1.165) is 5.56 Å². The van der Waals surface area contributed by atoms with E-state index in [9.17, 15) is 4.79 Å². The van der Waals surface area contributed by atoms with Crippen molar-refractivity contribution in [1.29, 1.82) is 0 Å². The van der Waals surface area contributed by atoms with E-state index in [2.05, 4.69) is 0 Å². The molecule has 0 aromatic carbocycles. The number of alkyl halides is 1. The summed E-state index contributed by atoms with van der Waals surface area (Å²) in [6.45, 7) is 2.51. The molecular weight excluding hydrogens is 234 g/mol. The summed E-state index contributed by atoms with van der Waals surface area (Å²) in [6.07, 6.45) is 0. The van der Waals surface area contributed by atoms with Crippen molar-refractivity contribution >= 4 is 28.8 Å². The van der Waals surface area contributed by atoms with Crippen molar-refractivity contribution in [2.45, 2.75) is 5.38 Å². The number of carbonyl (C=O) groups is 1. The van der Waals surface area contributed by atoms with Crippen LogP contribution in [-0.4, -0.2) is 37.1 Å². The van der Waals surface area contributed by atoms with Crippen molar-refractivity contribution in [2.75, 3.05) is 26.3 Å². The fraction of sp³-hybridized carbons (Fsp3) is 0.500. The highest BCUT2D eigenvalue weighted by Crippen LogP contribution is 2.25. The topological polar surface area (TPSA) is 29.5 Å². The molecule has 1 aromatic rings. The largest absolute Gasteiger partial charge is 0.378 e. The molecule has 0 saturated carbocycles. The van der Waals surface area contributed by atoms with Crippen LogP contribution in [0, 0.1) is 0 Å². The van der Waals surface area contributed by atoms with Gasteiger partial charge >= 0.3 is 0 Å². The quantitative estimate of drug-likeness (QED) is 0.745. The van der Waals surface area contributed by atoms with Gasteiger partial charge in [0.15, 0.2) is 0 Å². The van der Waals surface area contributed by atoms with E-state index in [1.807, 2.05) is 16.8 Å². The summed E-state index contributed by atoms with van der Waals surface area (Å²) in [7, 11) is 0. The molecule has 1 unspecified atom stereocenters. The van der Waals surface area contributed by atoms with Crippen LogP contribution in [0.15, 0.2) is 16.8 Å². The first kappa shape index (κ1) is 10.9. The van der Waals surface area contributed by atoms with Gasteiger partial charge in [-0.15, -0.1) is 11.6 Å². The number of rotatable bonds is 2. The lowest BCUT2D eigenvalue weighted by atomic mass is 10.2. The second-order valence-corrected chi connectivity index (χ2v) is 4.57. The van der Waals surface area contributed by atoms with Crippen LogP contribution < -0.4 is 0 Å². The Morgan fingerprint density at radius 2 is 2.27 bits per heavy atom. The van der Waals surface area contributed by atoms with E-state index in [0.29, 0.717) is 26.3 Å². The fourth-order valence-corrected chi connectivity index (χ4v) is 2.54. The van der Waals surface area contributed by atoms with Crippen molar-refractivity contribution < 1.29 is 9.53 Å². The van der Waals surface area contributed by atoms with Gasteiger partial charge in [0.05, 0.1) is 13.2 Å². The van der Waals surface area contributed by atoms with Gasteiger partial charge in [-0.2, -0.15) is 11.3 Å². The molecule has 5 heteroatoms. The fourth-order valence-electron chi connectivity index (χ4n) is 1.51. The summed E-state index contributed by atoms with van der Waals surface area (Å²) < 4.78 is 5.19. The van der Waals surface area contributed by atoms with E-state index >= 15 is 0 Å². The average molecular weight is 246 g/mol. The monoisotopic (exact) mass is 245 g/mol. The molecule has 1 aromatic heterocycles. The lowest BCUT2D eigenvalue weighted by molar-refractivity contribution is -0.134. The van der Waals surface area contributed by atoms with E-state index in [1.165, 1.54) is 0 Å². The van der Waals surface area contributed by atoms with Gasteiger partial charge in [0.25, 0.3) is 0 Å². The highest BCUT2D eigenvalue weighted by Gasteiger charge is 2.25. The van der Waals surface area contributed by atoms with Crippen LogP contribution in [0.5, 0.6) is 0 Å². The Morgan fingerprint density at radius 3 is 2.87 bits per heavy atom. The SMILES string of the molecule is O=C(C(Cl)c1ccsc1)N1CCOCC1. The van der Waals surface area contributed by atoms with Crippen LogP contribution in [0.25, 0.3) is 0 Å². The standard InChI is InChI=1S/C10H12ClNO2S/c11-9(8-1-6-15-7-8)10(13)12-2-4-14-5-3-12/h1,6-7,9H,2-5H2.